The third-order valence-corrected chi connectivity index (χ3v) is 19.2. The van der Waals surface area contributed by atoms with Crippen LogP contribution in [0, 0.1) is 0 Å². The zero-order valence-electron chi connectivity index (χ0n) is 46.0. The molecule has 4 heterocycles. The first kappa shape index (κ1) is 48.9. The second-order valence-electron chi connectivity index (χ2n) is 22.3. The van der Waals surface area contributed by atoms with E-state index in [1.165, 1.54) is 20.2 Å². The minimum atomic E-state index is -0.833. The summed E-state index contributed by atoms with van der Waals surface area (Å²) in [6, 6.07) is 102. The van der Waals surface area contributed by atoms with Crippen molar-refractivity contribution in [1.29, 1.82) is 0 Å². The van der Waals surface area contributed by atoms with Gasteiger partial charge in [-0.15, -0.1) is 11.3 Å². The number of furan rings is 2. The fourth-order valence-corrected chi connectivity index (χ4v) is 15.5. The van der Waals surface area contributed by atoms with E-state index in [4.69, 9.17) is 25.2 Å². The molecule has 5 nitrogen and oxygen atoms in total. The Hall–Kier alpha value is -10.6. The number of hydrogen-bond acceptors (Lipinski definition) is 6. The Kier molecular flexibility index (Phi) is 10.8. The van der Waals surface area contributed by atoms with Gasteiger partial charge in [0.15, 0.2) is 0 Å². The summed E-state index contributed by atoms with van der Waals surface area (Å²) in [7, 11) is 0. The van der Waals surface area contributed by atoms with Gasteiger partial charge in [0, 0.05) is 109 Å². The lowest BCUT2D eigenvalue weighted by molar-refractivity contribution is 0.436. The monoisotopic (exact) mass is 1140 g/mol. The minimum absolute atomic E-state index is 0.609. The molecule has 0 N–H and O–H groups in total. The molecule has 16 aromatic rings. The second kappa shape index (κ2) is 18.9. The molecule has 0 saturated carbocycles. The van der Waals surface area contributed by atoms with E-state index in [1.807, 2.05) is 35.6 Å². The highest BCUT2D eigenvalue weighted by molar-refractivity contribution is 7.26. The van der Waals surface area contributed by atoms with Crippen LogP contribution >= 0.6 is 22.9 Å². The molecule has 1 atom stereocenters. The number of fused-ring (bicyclic) bond motifs is 18. The lowest BCUT2D eigenvalue weighted by Gasteiger charge is -2.39. The predicted octanol–water partition coefficient (Wildman–Crippen LogP) is 23.2. The van der Waals surface area contributed by atoms with Crippen LogP contribution < -0.4 is 14.5 Å². The zero-order valence-corrected chi connectivity index (χ0v) is 47.6. The summed E-state index contributed by atoms with van der Waals surface area (Å²) in [4.78, 5) is 4.89. The van der Waals surface area contributed by atoms with E-state index >= 15 is 0 Å². The molecule has 18 rings (SSSR count). The summed E-state index contributed by atoms with van der Waals surface area (Å²) in [5.74, 6) is 1.51. The number of nitrogens with zero attached hydrogens (tertiary/aromatic N) is 2. The quantitative estimate of drug-likeness (QED) is 0.152. The Balaban J connectivity index is 0.938. The average molecular weight is 1140 g/mol. The molecule has 1 aliphatic heterocycles. The number of anilines is 6. The van der Waals surface area contributed by atoms with E-state index in [1.54, 1.807) is 0 Å². The Morgan fingerprint density at radius 2 is 0.907 bits per heavy atom. The number of para-hydroxylation sites is 6. The number of halogens is 1. The third kappa shape index (κ3) is 7.18. The van der Waals surface area contributed by atoms with Gasteiger partial charge in [-0.25, -0.2) is 0 Å². The van der Waals surface area contributed by atoms with Gasteiger partial charge < -0.3 is 23.4 Å². The molecule has 0 amide bonds. The lowest BCUT2D eigenvalue weighted by Crippen LogP contribution is -2.32. The Morgan fingerprint density at radius 3 is 1.70 bits per heavy atom. The molecule has 13 aromatic carbocycles. The molecule has 1 aliphatic carbocycles. The molecule has 1 unspecified atom stereocenters. The summed E-state index contributed by atoms with van der Waals surface area (Å²) in [6.07, 6.45) is 0. The van der Waals surface area contributed by atoms with Crippen LogP contribution in [0.3, 0.4) is 0 Å². The Bertz CT molecular complexity index is 5440. The van der Waals surface area contributed by atoms with Crippen LogP contribution in [-0.2, 0) is 5.41 Å². The summed E-state index contributed by atoms with van der Waals surface area (Å²) in [6.45, 7) is 0. The summed E-state index contributed by atoms with van der Waals surface area (Å²) >= 11 is 8.79. The van der Waals surface area contributed by atoms with Gasteiger partial charge >= 0.3 is 0 Å². The van der Waals surface area contributed by atoms with E-state index in [-0.39, 0.29) is 0 Å². The highest BCUT2D eigenvalue weighted by Gasteiger charge is 2.52. The van der Waals surface area contributed by atoms with Crippen molar-refractivity contribution in [3.05, 3.63) is 312 Å². The van der Waals surface area contributed by atoms with Crippen LogP contribution in [-0.4, -0.2) is 0 Å². The highest BCUT2D eigenvalue weighted by atomic mass is 35.5. The molecule has 0 fully saturated rings. The number of thiophene rings is 1. The van der Waals surface area contributed by atoms with Crippen LogP contribution in [0.4, 0.5) is 34.1 Å². The third-order valence-electron chi connectivity index (χ3n) is 17.7. The maximum atomic E-state index is 6.96. The molecule has 1 spiro atoms. The zero-order chi connectivity index (χ0) is 56.6. The molecule has 2 aliphatic rings. The molecular formula is C79H47ClN2O3S. The van der Waals surface area contributed by atoms with Crippen LogP contribution in [0.25, 0.3) is 97.4 Å². The van der Waals surface area contributed by atoms with Gasteiger partial charge in [0.1, 0.15) is 33.8 Å². The number of benzene rings is 13. The van der Waals surface area contributed by atoms with Crippen molar-refractivity contribution < 1.29 is 13.6 Å². The van der Waals surface area contributed by atoms with E-state index in [2.05, 4.69) is 271 Å². The van der Waals surface area contributed by atoms with Crippen molar-refractivity contribution in [1.82, 2.24) is 0 Å². The van der Waals surface area contributed by atoms with Gasteiger partial charge in [0.05, 0.1) is 11.1 Å². The topological polar surface area (TPSA) is 42.0 Å². The van der Waals surface area contributed by atoms with Gasteiger partial charge in [-0.3, -0.25) is 0 Å². The normalized spacial score (nSPS) is 14.0. The molecular weight excluding hydrogens is 1090 g/mol. The maximum Gasteiger partial charge on any atom is 0.143 e. The number of hydrogen-bond donors (Lipinski definition) is 0. The maximum absolute atomic E-state index is 6.96. The highest BCUT2D eigenvalue weighted by Crippen LogP contribution is 2.65. The van der Waals surface area contributed by atoms with Gasteiger partial charge in [-0.05, 0) is 125 Å². The van der Waals surface area contributed by atoms with E-state index in [0.29, 0.717) is 5.02 Å². The first-order valence-electron chi connectivity index (χ1n) is 29.0. The van der Waals surface area contributed by atoms with Crippen molar-refractivity contribution in [3.8, 4) is 44.9 Å². The van der Waals surface area contributed by atoms with E-state index in [9.17, 15) is 0 Å². The Labute approximate surface area is 504 Å². The van der Waals surface area contributed by atoms with Gasteiger partial charge in [-0.2, -0.15) is 0 Å². The molecule has 0 saturated heterocycles. The first-order chi connectivity index (χ1) is 42.5. The molecule has 0 bridgehead atoms. The first-order valence-corrected chi connectivity index (χ1v) is 30.2. The van der Waals surface area contributed by atoms with Crippen molar-refractivity contribution in [3.63, 3.8) is 0 Å². The molecule has 404 valence electrons. The van der Waals surface area contributed by atoms with Crippen LogP contribution in [0.2, 0.25) is 5.02 Å². The van der Waals surface area contributed by atoms with Gasteiger partial charge in [0.25, 0.3) is 0 Å². The molecule has 7 heteroatoms. The fraction of sp³-hybridized carbons (Fsp3) is 0.0127. The van der Waals surface area contributed by atoms with Crippen molar-refractivity contribution >= 4 is 121 Å². The largest absolute Gasteiger partial charge is 0.457 e. The standard InChI is InChI=1S/C79H47ClN2O3S/c80-49-38-40-67-73(42-49)83-72-36-16-13-31-66(72)79(67)65-41-39-52(81(50-22-6-2-7-23-50)53-46-62-57-28-12-17-37-74(57)86-78(62)63(47-53)59-30-18-29-58-55-26-10-14-34-70(55)84-76(58)59)43-64(65)75-68(79)32-19-33-69(75)82(51-24-8-3-9-25-51)54-44-60(48-20-4-1-5-21-48)77-61(45-54)56-27-11-15-35-71(56)85-77/h1-47H. The van der Waals surface area contributed by atoms with Crippen molar-refractivity contribution in [2.45, 2.75) is 5.41 Å². The SMILES string of the molecule is Clc1ccc2c(c1)Oc1ccccc1C21c2ccc(N(c3ccccc3)c3cc(-c4cccc5c4oc4ccccc45)c4sc5ccccc5c4c3)cc2-c2c(N(c3ccccc3)c3cc(-c4ccccc4)c4oc5ccccc5c4c3)cccc21. The van der Waals surface area contributed by atoms with Crippen LogP contribution in [0.1, 0.15) is 22.3 Å². The fourth-order valence-electron chi connectivity index (χ4n) is 14.2. The van der Waals surface area contributed by atoms with Crippen molar-refractivity contribution in [2.75, 3.05) is 9.80 Å². The summed E-state index contributed by atoms with van der Waals surface area (Å²) < 4.78 is 23.0. The number of rotatable bonds is 8. The number of ether oxygens (including phenoxy) is 1. The van der Waals surface area contributed by atoms with Gasteiger partial charge in [0.2, 0.25) is 0 Å². The molecule has 0 radical (unpaired) electrons. The average Bonchev–Trinajstić information content (AvgIpc) is 1.55. The van der Waals surface area contributed by atoms with Gasteiger partial charge in [-0.1, -0.05) is 194 Å². The molecule has 3 aromatic heterocycles. The molecule has 86 heavy (non-hydrogen) atoms. The summed E-state index contributed by atoms with van der Waals surface area (Å²) in [5.41, 5.74) is 19.5. The smallest absolute Gasteiger partial charge is 0.143 e. The Morgan fingerprint density at radius 1 is 0.337 bits per heavy atom. The van der Waals surface area contributed by atoms with E-state index < -0.39 is 5.41 Å². The lowest BCUT2D eigenvalue weighted by atomic mass is 9.66. The van der Waals surface area contributed by atoms with E-state index in [0.717, 1.165) is 145 Å². The van der Waals surface area contributed by atoms with Crippen LogP contribution in [0.5, 0.6) is 11.5 Å². The minimum Gasteiger partial charge on any atom is -0.457 e. The predicted molar refractivity (Wildman–Crippen MR) is 357 cm³/mol. The van der Waals surface area contributed by atoms with Crippen molar-refractivity contribution in [2.24, 2.45) is 0 Å². The summed E-state index contributed by atoms with van der Waals surface area (Å²) in [5, 5.41) is 7.30. The second-order valence-corrected chi connectivity index (χ2v) is 23.8. The van der Waals surface area contributed by atoms with Crippen LogP contribution in [0.15, 0.2) is 294 Å².